The van der Waals surface area contributed by atoms with Gasteiger partial charge in [0.2, 0.25) is 0 Å². The molecule has 6 heteroatoms. The largest absolute Gasteiger partial charge is 0.281 e. The van der Waals surface area contributed by atoms with E-state index in [1.807, 2.05) is 0 Å². The molecule has 0 N–H and O–H groups in total. The molecule has 0 aliphatic carbocycles. The Morgan fingerprint density at radius 2 is 1.82 bits per heavy atom. The SMILES string of the molecule is FC(F)c1cnc(-c2ccc(Cl)cc2Cl)cn1. The molecule has 88 valence electrons. The Balaban J connectivity index is 2.40. The minimum Gasteiger partial charge on any atom is -0.252 e. The van der Waals surface area contributed by atoms with Crippen LogP contribution in [0, 0.1) is 0 Å². The predicted molar refractivity (Wildman–Crippen MR) is 62.4 cm³/mol. The fourth-order valence-corrected chi connectivity index (χ4v) is 1.79. The lowest BCUT2D eigenvalue weighted by Crippen LogP contribution is -1.93. The third kappa shape index (κ3) is 2.70. The van der Waals surface area contributed by atoms with Gasteiger partial charge in [0, 0.05) is 10.6 Å². The number of hydrogen-bond donors (Lipinski definition) is 0. The van der Waals surface area contributed by atoms with Crippen molar-refractivity contribution in [2.45, 2.75) is 6.43 Å². The summed E-state index contributed by atoms with van der Waals surface area (Å²) in [6, 6.07) is 4.86. The molecule has 2 aromatic rings. The molecule has 1 aromatic heterocycles. The fraction of sp³-hybridized carbons (Fsp3) is 0.0909. The van der Waals surface area contributed by atoms with Gasteiger partial charge in [-0.3, -0.25) is 9.97 Å². The molecule has 0 amide bonds. The lowest BCUT2D eigenvalue weighted by Gasteiger charge is -2.04. The topological polar surface area (TPSA) is 25.8 Å². The van der Waals surface area contributed by atoms with Crippen molar-refractivity contribution in [3.63, 3.8) is 0 Å². The van der Waals surface area contributed by atoms with Gasteiger partial charge in [0.15, 0.2) is 0 Å². The van der Waals surface area contributed by atoms with Gasteiger partial charge in [-0.05, 0) is 18.2 Å². The van der Waals surface area contributed by atoms with Gasteiger partial charge in [-0.15, -0.1) is 0 Å². The highest BCUT2D eigenvalue weighted by atomic mass is 35.5. The number of nitrogens with zero attached hydrogens (tertiary/aromatic N) is 2. The Morgan fingerprint density at radius 1 is 1.06 bits per heavy atom. The molecule has 0 aliphatic heterocycles. The van der Waals surface area contributed by atoms with Crippen LogP contribution in [0.3, 0.4) is 0 Å². The molecule has 2 nitrogen and oxygen atoms in total. The van der Waals surface area contributed by atoms with Crippen LogP contribution in [0.5, 0.6) is 0 Å². The van der Waals surface area contributed by atoms with E-state index in [4.69, 9.17) is 23.2 Å². The first-order valence-corrected chi connectivity index (χ1v) is 5.39. The van der Waals surface area contributed by atoms with Crippen molar-refractivity contribution in [1.82, 2.24) is 9.97 Å². The maximum absolute atomic E-state index is 12.3. The van der Waals surface area contributed by atoms with Gasteiger partial charge in [-0.1, -0.05) is 23.2 Å². The number of hydrogen-bond acceptors (Lipinski definition) is 2. The summed E-state index contributed by atoms with van der Waals surface area (Å²) in [7, 11) is 0. The standard InChI is InChI=1S/C11H6Cl2F2N2/c12-6-1-2-7(8(13)3-6)9-4-17-10(5-16-9)11(14)15/h1-5,11H. The number of alkyl halides is 2. The van der Waals surface area contributed by atoms with E-state index in [9.17, 15) is 8.78 Å². The van der Waals surface area contributed by atoms with Crippen molar-refractivity contribution in [2.24, 2.45) is 0 Å². The molecule has 0 fully saturated rings. The molecule has 0 saturated heterocycles. The van der Waals surface area contributed by atoms with E-state index in [-0.39, 0.29) is 5.69 Å². The first-order chi connectivity index (χ1) is 8.08. The molecule has 1 aromatic carbocycles. The second-order valence-corrected chi connectivity index (χ2v) is 4.10. The highest BCUT2D eigenvalue weighted by molar-refractivity contribution is 6.36. The van der Waals surface area contributed by atoms with Crippen LogP contribution >= 0.6 is 23.2 Å². The van der Waals surface area contributed by atoms with Crippen molar-refractivity contribution in [3.8, 4) is 11.3 Å². The molecule has 0 spiro atoms. The van der Waals surface area contributed by atoms with Crippen molar-refractivity contribution in [2.75, 3.05) is 0 Å². The van der Waals surface area contributed by atoms with Crippen LogP contribution in [0.15, 0.2) is 30.6 Å². The zero-order chi connectivity index (χ0) is 12.4. The zero-order valence-electron chi connectivity index (χ0n) is 8.37. The van der Waals surface area contributed by atoms with Gasteiger partial charge in [0.05, 0.1) is 23.1 Å². The summed E-state index contributed by atoms with van der Waals surface area (Å²) in [5, 5.41) is 0.896. The van der Waals surface area contributed by atoms with Crippen LogP contribution in [0.2, 0.25) is 10.0 Å². The van der Waals surface area contributed by atoms with Crippen LogP contribution < -0.4 is 0 Å². The summed E-state index contributed by atoms with van der Waals surface area (Å²) in [5.41, 5.74) is 0.666. The third-order valence-corrected chi connectivity index (χ3v) is 2.65. The maximum Gasteiger partial charge on any atom is 0.281 e. The normalized spacial score (nSPS) is 10.9. The highest BCUT2D eigenvalue weighted by Crippen LogP contribution is 2.29. The van der Waals surface area contributed by atoms with Gasteiger partial charge in [0.1, 0.15) is 5.69 Å². The van der Waals surface area contributed by atoms with E-state index in [1.54, 1.807) is 18.2 Å². The molecule has 17 heavy (non-hydrogen) atoms. The molecular weight excluding hydrogens is 269 g/mol. The van der Waals surface area contributed by atoms with Crippen LogP contribution in [0.25, 0.3) is 11.3 Å². The first-order valence-electron chi connectivity index (χ1n) is 4.63. The molecule has 0 bridgehead atoms. The molecular formula is C11H6Cl2F2N2. The van der Waals surface area contributed by atoms with Crippen LogP contribution in [0.4, 0.5) is 8.78 Å². The Bertz CT molecular complexity index is 529. The molecule has 1 heterocycles. The van der Waals surface area contributed by atoms with Crippen molar-refractivity contribution < 1.29 is 8.78 Å². The third-order valence-electron chi connectivity index (χ3n) is 2.10. The average Bonchev–Trinajstić information content (AvgIpc) is 2.29. The van der Waals surface area contributed by atoms with Gasteiger partial charge >= 0.3 is 0 Å². The summed E-state index contributed by atoms with van der Waals surface area (Å²) in [4.78, 5) is 7.50. The Kier molecular flexibility index (Phi) is 3.54. The quantitative estimate of drug-likeness (QED) is 0.812. The van der Waals surface area contributed by atoms with E-state index in [1.165, 1.54) is 6.20 Å². The molecule has 0 radical (unpaired) electrons. The monoisotopic (exact) mass is 274 g/mol. The smallest absolute Gasteiger partial charge is 0.252 e. The predicted octanol–water partition coefficient (Wildman–Crippen LogP) is 4.39. The second-order valence-electron chi connectivity index (χ2n) is 3.25. The molecule has 0 aliphatic rings. The van der Waals surface area contributed by atoms with Crippen molar-refractivity contribution in [3.05, 3.63) is 46.3 Å². The lowest BCUT2D eigenvalue weighted by molar-refractivity contribution is 0.145. The van der Waals surface area contributed by atoms with Gasteiger partial charge in [0.25, 0.3) is 6.43 Å². The summed E-state index contributed by atoms with van der Waals surface area (Å²) < 4.78 is 24.6. The summed E-state index contributed by atoms with van der Waals surface area (Å²) >= 11 is 11.7. The molecule has 0 saturated carbocycles. The number of aromatic nitrogens is 2. The minimum atomic E-state index is -2.63. The average molecular weight is 275 g/mol. The summed E-state index contributed by atoms with van der Waals surface area (Å²) in [5.74, 6) is 0. The van der Waals surface area contributed by atoms with Gasteiger partial charge in [-0.25, -0.2) is 8.78 Å². The van der Waals surface area contributed by atoms with E-state index < -0.39 is 6.43 Å². The van der Waals surface area contributed by atoms with E-state index in [0.29, 0.717) is 21.3 Å². The first kappa shape index (κ1) is 12.2. The van der Waals surface area contributed by atoms with E-state index in [2.05, 4.69) is 9.97 Å². The molecule has 2 rings (SSSR count). The Morgan fingerprint density at radius 3 is 2.35 bits per heavy atom. The van der Waals surface area contributed by atoms with E-state index >= 15 is 0 Å². The van der Waals surface area contributed by atoms with Gasteiger partial charge in [-0.2, -0.15) is 0 Å². The zero-order valence-corrected chi connectivity index (χ0v) is 9.88. The summed E-state index contributed by atoms with van der Waals surface area (Å²) in [6.45, 7) is 0. The second kappa shape index (κ2) is 4.94. The molecule has 0 unspecified atom stereocenters. The summed E-state index contributed by atoms with van der Waals surface area (Å²) in [6.07, 6.45) is -0.334. The Labute approximate surface area is 106 Å². The van der Waals surface area contributed by atoms with Crippen LogP contribution in [-0.4, -0.2) is 9.97 Å². The number of rotatable bonds is 2. The van der Waals surface area contributed by atoms with Crippen LogP contribution in [-0.2, 0) is 0 Å². The van der Waals surface area contributed by atoms with Gasteiger partial charge < -0.3 is 0 Å². The minimum absolute atomic E-state index is 0.362. The fourth-order valence-electron chi connectivity index (χ4n) is 1.29. The lowest BCUT2D eigenvalue weighted by atomic mass is 10.1. The molecule has 0 atom stereocenters. The van der Waals surface area contributed by atoms with E-state index in [0.717, 1.165) is 6.20 Å². The highest BCUT2D eigenvalue weighted by Gasteiger charge is 2.11. The van der Waals surface area contributed by atoms with Crippen LogP contribution in [0.1, 0.15) is 12.1 Å². The van der Waals surface area contributed by atoms with Crippen molar-refractivity contribution in [1.29, 1.82) is 0 Å². The Hall–Kier alpha value is -1.26. The number of halogens is 4. The number of benzene rings is 1. The van der Waals surface area contributed by atoms with Crippen molar-refractivity contribution >= 4 is 23.2 Å². The maximum atomic E-state index is 12.3.